The van der Waals surface area contributed by atoms with E-state index in [0.717, 1.165) is 4.90 Å². The van der Waals surface area contributed by atoms with Crippen molar-refractivity contribution in [2.24, 2.45) is 5.92 Å². The van der Waals surface area contributed by atoms with Gasteiger partial charge in [0.15, 0.2) is 5.41 Å². The van der Waals surface area contributed by atoms with Crippen molar-refractivity contribution in [2.75, 3.05) is 24.0 Å². The molecule has 0 unspecified atom stereocenters. The van der Waals surface area contributed by atoms with Crippen molar-refractivity contribution in [3.63, 3.8) is 0 Å². The SMILES string of the molecule is COC(=O)[C@]1([C@@H]2CC(=O)N(c3ccccc3)C2=O)C(=O)N(C)c2ccccc21. The summed E-state index contributed by atoms with van der Waals surface area (Å²) in [4.78, 5) is 54.7. The van der Waals surface area contributed by atoms with Crippen LogP contribution in [0.15, 0.2) is 54.6 Å². The third-order valence-electron chi connectivity index (χ3n) is 5.52. The highest BCUT2D eigenvalue weighted by Crippen LogP contribution is 2.50. The van der Waals surface area contributed by atoms with E-state index in [2.05, 4.69) is 0 Å². The van der Waals surface area contributed by atoms with Gasteiger partial charge in [-0.1, -0.05) is 36.4 Å². The molecule has 142 valence electrons. The Hall–Kier alpha value is -3.48. The standard InChI is InChI=1S/C21H18N2O5/c1-22-16-11-7-6-10-14(16)21(19(22)26,20(27)28-2)15-12-17(24)23(18(15)25)13-8-4-3-5-9-13/h3-11,15H,12H2,1-2H3/t15-,21-/m1/s1. The Morgan fingerprint density at radius 2 is 1.68 bits per heavy atom. The van der Waals surface area contributed by atoms with Gasteiger partial charge in [-0.2, -0.15) is 0 Å². The van der Waals surface area contributed by atoms with Crippen molar-refractivity contribution in [3.05, 3.63) is 60.2 Å². The number of esters is 1. The molecule has 2 heterocycles. The lowest BCUT2D eigenvalue weighted by Crippen LogP contribution is -2.53. The molecule has 1 fully saturated rings. The maximum Gasteiger partial charge on any atom is 0.326 e. The fourth-order valence-electron chi connectivity index (χ4n) is 4.24. The molecule has 2 atom stereocenters. The average molecular weight is 378 g/mol. The minimum atomic E-state index is -1.88. The molecule has 0 aliphatic carbocycles. The van der Waals surface area contributed by atoms with Crippen LogP contribution in [0.5, 0.6) is 0 Å². The molecular formula is C21H18N2O5. The number of para-hydroxylation sites is 2. The zero-order valence-electron chi connectivity index (χ0n) is 15.4. The molecule has 2 aromatic rings. The van der Waals surface area contributed by atoms with E-state index in [-0.39, 0.29) is 6.42 Å². The number of methoxy groups -OCH3 is 1. The topological polar surface area (TPSA) is 84.0 Å². The number of benzene rings is 2. The summed E-state index contributed by atoms with van der Waals surface area (Å²) in [5.74, 6) is -3.62. The lowest BCUT2D eigenvalue weighted by molar-refractivity contribution is -0.156. The van der Waals surface area contributed by atoms with E-state index in [0.29, 0.717) is 16.9 Å². The smallest absolute Gasteiger partial charge is 0.326 e. The fourth-order valence-corrected chi connectivity index (χ4v) is 4.24. The second-order valence-corrected chi connectivity index (χ2v) is 6.84. The monoisotopic (exact) mass is 378 g/mol. The van der Waals surface area contributed by atoms with Gasteiger partial charge in [0.25, 0.3) is 0 Å². The molecule has 0 saturated carbocycles. The summed E-state index contributed by atoms with van der Waals surface area (Å²) in [6.45, 7) is 0. The van der Waals surface area contributed by atoms with Gasteiger partial charge in [0.1, 0.15) is 0 Å². The Kier molecular flexibility index (Phi) is 4.03. The Morgan fingerprint density at radius 1 is 1.04 bits per heavy atom. The second-order valence-electron chi connectivity index (χ2n) is 6.84. The number of amides is 3. The van der Waals surface area contributed by atoms with Crippen LogP contribution < -0.4 is 9.80 Å². The molecule has 0 radical (unpaired) electrons. The zero-order chi connectivity index (χ0) is 20.1. The minimum absolute atomic E-state index is 0.253. The van der Waals surface area contributed by atoms with Crippen molar-refractivity contribution >= 4 is 35.1 Å². The highest BCUT2D eigenvalue weighted by molar-refractivity contribution is 6.29. The number of ether oxygens (including phenoxy) is 1. The van der Waals surface area contributed by atoms with Crippen LogP contribution in [-0.2, 0) is 29.3 Å². The quantitative estimate of drug-likeness (QED) is 0.461. The number of anilines is 2. The molecule has 2 aliphatic rings. The summed E-state index contributed by atoms with van der Waals surface area (Å²) in [5.41, 5.74) is -0.560. The number of fused-ring (bicyclic) bond motifs is 1. The van der Waals surface area contributed by atoms with Crippen molar-refractivity contribution in [1.82, 2.24) is 0 Å². The van der Waals surface area contributed by atoms with Gasteiger partial charge in [0, 0.05) is 24.7 Å². The van der Waals surface area contributed by atoms with Gasteiger partial charge < -0.3 is 9.64 Å². The summed E-state index contributed by atoms with van der Waals surface area (Å²) < 4.78 is 4.98. The zero-order valence-corrected chi connectivity index (χ0v) is 15.4. The first kappa shape index (κ1) is 17.9. The van der Waals surface area contributed by atoms with Gasteiger partial charge in [-0.25, -0.2) is 0 Å². The number of rotatable bonds is 3. The third kappa shape index (κ3) is 2.16. The number of hydrogen-bond donors (Lipinski definition) is 0. The molecule has 0 bridgehead atoms. The second kappa shape index (κ2) is 6.30. The van der Waals surface area contributed by atoms with Crippen LogP contribution in [-0.4, -0.2) is 37.8 Å². The molecule has 2 aliphatic heterocycles. The number of carbonyl (C=O) groups excluding carboxylic acids is 4. The molecule has 4 rings (SSSR count). The molecule has 0 spiro atoms. The van der Waals surface area contributed by atoms with Crippen molar-refractivity contribution in [1.29, 1.82) is 0 Å². The highest BCUT2D eigenvalue weighted by Gasteiger charge is 2.66. The largest absolute Gasteiger partial charge is 0.468 e. The highest BCUT2D eigenvalue weighted by atomic mass is 16.5. The molecular weight excluding hydrogens is 360 g/mol. The van der Waals surface area contributed by atoms with E-state index >= 15 is 0 Å². The van der Waals surface area contributed by atoms with Gasteiger partial charge in [-0.15, -0.1) is 0 Å². The third-order valence-corrected chi connectivity index (χ3v) is 5.52. The molecule has 0 N–H and O–H groups in total. The Balaban J connectivity index is 1.90. The summed E-state index contributed by atoms with van der Waals surface area (Å²) in [6.07, 6.45) is -0.253. The molecule has 28 heavy (non-hydrogen) atoms. The fraction of sp³-hybridized carbons (Fsp3) is 0.238. The van der Waals surface area contributed by atoms with Crippen LogP contribution in [0, 0.1) is 5.92 Å². The number of likely N-dealkylation sites (N-methyl/N-ethyl adjacent to an activating group) is 1. The van der Waals surface area contributed by atoms with E-state index in [1.165, 1.54) is 12.0 Å². The Bertz CT molecular complexity index is 1000. The van der Waals surface area contributed by atoms with Gasteiger partial charge >= 0.3 is 5.97 Å². The lowest BCUT2D eigenvalue weighted by Gasteiger charge is -2.29. The summed E-state index contributed by atoms with van der Waals surface area (Å²) in [6, 6.07) is 15.2. The van der Waals surface area contributed by atoms with E-state index in [1.54, 1.807) is 61.6 Å². The number of nitrogens with zero attached hydrogens (tertiary/aromatic N) is 2. The minimum Gasteiger partial charge on any atom is -0.468 e. The van der Waals surface area contributed by atoms with Crippen LogP contribution in [0.25, 0.3) is 0 Å². The van der Waals surface area contributed by atoms with Crippen LogP contribution in [0.1, 0.15) is 12.0 Å². The maximum atomic E-state index is 13.3. The van der Waals surface area contributed by atoms with Gasteiger partial charge in [0.2, 0.25) is 17.7 Å². The summed E-state index contributed by atoms with van der Waals surface area (Å²) in [7, 11) is 2.72. The summed E-state index contributed by atoms with van der Waals surface area (Å²) >= 11 is 0. The van der Waals surface area contributed by atoms with E-state index in [1.807, 2.05) is 0 Å². The number of imide groups is 1. The van der Waals surface area contributed by atoms with Crippen molar-refractivity contribution < 1.29 is 23.9 Å². The molecule has 2 aromatic carbocycles. The van der Waals surface area contributed by atoms with Crippen LogP contribution in [0.4, 0.5) is 11.4 Å². The molecule has 7 nitrogen and oxygen atoms in total. The Morgan fingerprint density at radius 3 is 2.36 bits per heavy atom. The van der Waals surface area contributed by atoms with E-state index in [9.17, 15) is 19.2 Å². The van der Waals surface area contributed by atoms with E-state index in [4.69, 9.17) is 4.74 Å². The normalized spacial score (nSPS) is 23.9. The number of hydrogen-bond acceptors (Lipinski definition) is 5. The van der Waals surface area contributed by atoms with Gasteiger partial charge in [0.05, 0.1) is 18.7 Å². The van der Waals surface area contributed by atoms with Gasteiger partial charge in [-0.05, 0) is 18.2 Å². The molecule has 3 amide bonds. The lowest BCUT2D eigenvalue weighted by atomic mass is 9.70. The Labute approximate surface area is 161 Å². The van der Waals surface area contributed by atoms with Crippen molar-refractivity contribution in [3.8, 4) is 0 Å². The molecule has 7 heteroatoms. The van der Waals surface area contributed by atoms with Gasteiger partial charge in [-0.3, -0.25) is 24.1 Å². The van der Waals surface area contributed by atoms with Crippen LogP contribution in [0.2, 0.25) is 0 Å². The molecule has 1 saturated heterocycles. The van der Waals surface area contributed by atoms with Crippen LogP contribution in [0.3, 0.4) is 0 Å². The van der Waals surface area contributed by atoms with Crippen LogP contribution >= 0.6 is 0 Å². The maximum absolute atomic E-state index is 13.3. The first-order chi connectivity index (χ1) is 13.4. The van der Waals surface area contributed by atoms with E-state index < -0.39 is 35.0 Å². The van der Waals surface area contributed by atoms with Crippen molar-refractivity contribution in [2.45, 2.75) is 11.8 Å². The average Bonchev–Trinajstić information content (AvgIpc) is 3.14. The first-order valence-electron chi connectivity index (χ1n) is 8.82. The predicted octanol–water partition coefficient (Wildman–Crippen LogP) is 1.65. The number of carbonyl (C=O) groups is 4. The predicted molar refractivity (Wildman–Crippen MR) is 101 cm³/mol. The molecule has 0 aromatic heterocycles. The summed E-state index contributed by atoms with van der Waals surface area (Å²) in [5, 5.41) is 0. The first-order valence-corrected chi connectivity index (χ1v) is 8.82.